The number of carbonyl (C=O) groups is 1. The van der Waals surface area contributed by atoms with Crippen LogP contribution in [0.2, 0.25) is 10.0 Å². The lowest BCUT2D eigenvalue weighted by molar-refractivity contribution is 0.0900. The van der Waals surface area contributed by atoms with Crippen molar-refractivity contribution in [3.63, 3.8) is 0 Å². The number of allylic oxidation sites excluding steroid dienone is 10. The number of rotatable bonds is 22. The fraction of sp³-hybridized carbons (Fsp3) is 0.422. The zero-order chi connectivity index (χ0) is 37.5. The Bertz CT molecular complexity index is 1770. The summed E-state index contributed by atoms with van der Waals surface area (Å²) in [7, 11) is 0. The minimum atomic E-state index is -0.295. The Morgan fingerprint density at radius 2 is 1.40 bits per heavy atom. The van der Waals surface area contributed by atoms with Crippen molar-refractivity contribution in [3.8, 4) is 5.75 Å². The lowest BCUT2D eigenvalue weighted by atomic mass is 10.1. The van der Waals surface area contributed by atoms with Crippen molar-refractivity contribution < 1.29 is 9.53 Å². The average molecular weight is 759 g/mol. The smallest absolute Gasteiger partial charge is 0.257 e. The maximum atomic E-state index is 13.2. The van der Waals surface area contributed by atoms with Gasteiger partial charge in [0.05, 0.1) is 27.9 Å². The zero-order valence-electron chi connectivity index (χ0n) is 31.4. The normalized spacial score (nSPS) is 14.4. The van der Waals surface area contributed by atoms with Gasteiger partial charge in [0.25, 0.3) is 5.56 Å². The van der Waals surface area contributed by atoms with E-state index in [2.05, 4.69) is 77.5 Å². The number of hydrogen-bond acceptors (Lipinski definition) is 5. The van der Waals surface area contributed by atoms with Gasteiger partial charge in [-0.1, -0.05) is 103 Å². The molecular weight excluding hydrogens is 701 g/mol. The number of ether oxygens (including phenoxy) is 1. The number of fused-ring (bicyclic) bond motifs is 1. The molecule has 0 bridgehead atoms. The molecule has 0 amide bonds. The summed E-state index contributed by atoms with van der Waals surface area (Å²) >= 11 is 12.6. The number of pyridine rings is 1. The first-order valence-electron chi connectivity index (χ1n) is 19.5. The molecule has 3 aromatic rings. The maximum Gasteiger partial charge on any atom is 0.257 e. The van der Waals surface area contributed by atoms with E-state index in [0.29, 0.717) is 34.3 Å². The van der Waals surface area contributed by atoms with Crippen LogP contribution in [0.5, 0.6) is 5.75 Å². The molecule has 53 heavy (non-hydrogen) atoms. The van der Waals surface area contributed by atoms with Gasteiger partial charge in [0.2, 0.25) is 5.91 Å². The lowest BCUT2D eigenvalue weighted by Crippen LogP contribution is -2.46. The van der Waals surface area contributed by atoms with E-state index in [1.165, 1.54) is 10.6 Å². The molecule has 1 aliphatic rings. The molecule has 0 saturated carbocycles. The van der Waals surface area contributed by atoms with Gasteiger partial charge in [-0.05, 0) is 106 Å². The lowest BCUT2D eigenvalue weighted by Gasteiger charge is -2.36. The molecule has 0 atom stereocenters. The quantitative estimate of drug-likeness (QED) is 0.0754. The number of aromatic nitrogens is 1. The molecule has 1 saturated heterocycles. The first-order valence-corrected chi connectivity index (χ1v) is 20.2. The van der Waals surface area contributed by atoms with Crippen LogP contribution in [-0.4, -0.2) is 54.7 Å². The van der Waals surface area contributed by atoms with Crippen molar-refractivity contribution >= 4 is 45.7 Å². The van der Waals surface area contributed by atoms with E-state index in [1.54, 1.807) is 6.07 Å². The van der Waals surface area contributed by atoms with Crippen molar-refractivity contribution in [3.05, 3.63) is 130 Å². The molecule has 1 fully saturated rings. The minimum absolute atomic E-state index is 0.162. The van der Waals surface area contributed by atoms with Gasteiger partial charge in [-0.2, -0.15) is 0 Å². The third kappa shape index (κ3) is 14.8. The Morgan fingerprint density at radius 1 is 0.736 bits per heavy atom. The fourth-order valence-corrected chi connectivity index (χ4v) is 6.75. The van der Waals surface area contributed by atoms with Crippen LogP contribution >= 0.6 is 23.2 Å². The highest BCUT2D eigenvalue weighted by Gasteiger charge is 2.19. The van der Waals surface area contributed by atoms with Crippen LogP contribution in [0.4, 0.5) is 5.69 Å². The number of hydrogen-bond donors (Lipinski definition) is 0. The molecule has 0 N–H and O–H groups in total. The van der Waals surface area contributed by atoms with Crippen LogP contribution in [0.1, 0.15) is 88.8 Å². The molecule has 0 spiro atoms. The third-order valence-electron chi connectivity index (χ3n) is 9.32. The largest absolute Gasteiger partial charge is 0.494 e. The van der Waals surface area contributed by atoms with Gasteiger partial charge in [-0.3, -0.25) is 14.5 Å². The standard InChI is InChI=1S/C45H57Cl2N3O3/c1-2-3-4-5-6-7-8-9-10-11-12-13-14-15-16-17-18-19-20-26-43(51)50-42-37-39(29-27-38(42)28-30-44(50)52)53-36-22-21-31-48-32-34-49(35-33-48)41-25-23-24-40(46)45(41)47/h3-4,6-7,9-10,12-13,15-16,23-25,27-30,37H,2,5,8,11,14,17-22,26,31-36H2,1H3/b4-3-,7-6-,10-9-,13-12-,16-15-. The van der Waals surface area contributed by atoms with E-state index in [4.69, 9.17) is 27.9 Å². The summed E-state index contributed by atoms with van der Waals surface area (Å²) in [6.07, 6.45) is 33.1. The fourth-order valence-electron chi connectivity index (χ4n) is 6.33. The Labute approximate surface area is 327 Å². The van der Waals surface area contributed by atoms with Crippen LogP contribution in [0.3, 0.4) is 0 Å². The predicted molar refractivity (Wildman–Crippen MR) is 226 cm³/mol. The predicted octanol–water partition coefficient (Wildman–Crippen LogP) is 11.6. The number of unbranched alkanes of at least 4 members (excludes halogenated alkanes) is 4. The zero-order valence-corrected chi connectivity index (χ0v) is 33.0. The molecule has 6 nitrogen and oxygen atoms in total. The Balaban J connectivity index is 1.10. The molecular formula is C45H57Cl2N3O3. The van der Waals surface area contributed by atoms with Crippen LogP contribution < -0.4 is 15.2 Å². The van der Waals surface area contributed by atoms with Crippen molar-refractivity contribution in [2.75, 3.05) is 44.2 Å². The van der Waals surface area contributed by atoms with Gasteiger partial charge in [-0.15, -0.1) is 0 Å². The highest BCUT2D eigenvalue weighted by Crippen LogP contribution is 2.33. The van der Waals surface area contributed by atoms with Crippen LogP contribution in [0.15, 0.2) is 114 Å². The Kier molecular flexibility index (Phi) is 19.3. The second kappa shape index (κ2) is 24.5. The monoisotopic (exact) mass is 757 g/mol. The van der Waals surface area contributed by atoms with E-state index in [-0.39, 0.29) is 11.5 Å². The molecule has 1 aliphatic heterocycles. The van der Waals surface area contributed by atoms with Gasteiger partial charge >= 0.3 is 0 Å². The van der Waals surface area contributed by atoms with Crippen LogP contribution in [0, 0.1) is 0 Å². The summed E-state index contributed by atoms with van der Waals surface area (Å²) in [5.74, 6) is 0.513. The van der Waals surface area contributed by atoms with Gasteiger partial charge in [-0.25, -0.2) is 4.57 Å². The summed E-state index contributed by atoms with van der Waals surface area (Å²) in [4.78, 5) is 30.8. The first kappa shape index (κ1) is 41.9. The van der Waals surface area contributed by atoms with Crippen molar-refractivity contribution in [2.24, 2.45) is 0 Å². The Hall–Kier alpha value is -3.84. The second-order valence-corrected chi connectivity index (χ2v) is 14.2. The molecule has 284 valence electrons. The molecule has 0 unspecified atom stereocenters. The molecule has 1 aromatic heterocycles. The third-order valence-corrected chi connectivity index (χ3v) is 10.1. The summed E-state index contributed by atoms with van der Waals surface area (Å²) in [6.45, 7) is 7.52. The average Bonchev–Trinajstić information content (AvgIpc) is 3.16. The molecule has 0 radical (unpaired) electrons. The topological polar surface area (TPSA) is 54.8 Å². The molecule has 8 heteroatoms. The van der Waals surface area contributed by atoms with Crippen molar-refractivity contribution in [1.82, 2.24) is 9.47 Å². The molecule has 2 heterocycles. The molecule has 4 rings (SSSR count). The van der Waals surface area contributed by atoms with Crippen LogP contribution in [0.25, 0.3) is 10.9 Å². The number of carbonyl (C=O) groups excluding carboxylic acids is 1. The van der Waals surface area contributed by atoms with Gasteiger partial charge in [0, 0.05) is 44.7 Å². The molecule has 2 aromatic carbocycles. The highest BCUT2D eigenvalue weighted by molar-refractivity contribution is 6.43. The Morgan fingerprint density at radius 3 is 2.09 bits per heavy atom. The number of benzene rings is 2. The summed E-state index contributed by atoms with van der Waals surface area (Å²) in [6, 6.07) is 14.7. The van der Waals surface area contributed by atoms with E-state index in [1.807, 2.05) is 36.4 Å². The highest BCUT2D eigenvalue weighted by atomic mass is 35.5. The van der Waals surface area contributed by atoms with E-state index in [9.17, 15) is 9.59 Å². The van der Waals surface area contributed by atoms with Gasteiger partial charge in [0.1, 0.15) is 5.75 Å². The molecule has 0 aliphatic carbocycles. The van der Waals surface area contributed by atoms with Crippen LogP contribution in [-0.2, 0) is 0 Å². The summed E-state index contributed by atoms with van der Waals surface area (Å²) in [5.41, 5.74) is 1.32. The minimum Gasteiger partial charge on any atom is -0.494 e. The van der Waals surface area contributed by atoms with Gasteiger partial charge in [0.15, 0.2) is 0 Å². The van der Waals surface area contributed by atoms with E-state index < -0.39 is 0 Å². The number of nitrogens with zero attached hydrogens (tertiary/aromatic N) is 3. The van der Waals surface area contributed by atoms with Gasteiger partial charge < -0.3 is 9.64 Å². The maximum absolute atomic E-state index is 13.2. The van der Waals surface area contributed by atoms with E-state index >= 15 is 0 Å². The SMILES string of the molecule is CC/C=C\C/C=C\C/C=C\C/C=C\C/C=C\CCCCCC(=O)n1c(=O)ccc2ccc(OCCCCN3CCN(c4cccc(Cl)c4Cl)CC3)cc21. The summed E-state index contributed by atoms with van der Waals surface area (Å²) < 4.78 is 7.40. The first-order chi connectivity index (χ1) is 26.0. The number of halogens is 2. The van der Waals surface area contributed by atoms with E-state index in [0.717, 1.165) is 114 Å². The second-order valence-electron chi connectivity index (χ2n) is 13.4. The summed E-state index contributed by atoms with van der Waals surface area (Å²) in [5, 5.41) is 2.06. The van der Waals surface area contributed by atoms with Crippen molar-refractivity contribution in [2.45, 2.75) is 84.0 Å². The number of piperazine rings is 1. The van der Waals surface area contributed by atoms with Crippen molar-refractivity contribution in [1.29, 1.82) is 0 Å². The number of anilines is 1.